The zero-order valence-corrected chi connectivity index (χ0v) is 17.6. The first kappa shape index (κ1) is 20.3. The zero-order valence-electron chi connectivity index (χ0n) is 17.6. The Morgan fingerprint density at radius 3 is 2.72 bits per heavy atom. The fourth-order valence-corrected chi connectivity index (χ4v) is 4.51. The number of rotatable bonds is 6. The highest BCUT2D eigenvalue weighted by atomic mass is 16.5. The average molecular weight is 433 g/mol. The molecule has 1 fully saturated rings. The number of aliphatic hydroxyl groups is 1. The standard InChI is InChI=1S/C25H23NO6/c1-30-18-11-5-9-16-13-19(32-24(16)18)22(27)20-21(15-7-3-2-4-8-15)26(25(29)23(20)28)14-17-10-6-12-31-17/h2-5,7-9,11,13,17,21,28H,6,10,12,14H2,1H3. The lowest BCUT2D eigenvalue weighted by atomic mass is 9.95. The van der Waals surface area contributed by atoms with Gasteiger partial charge in [0.05, 0.1) is 24.8 Å². The third-order valence-corrected chi connectivity index (χ3v) is 6.04. The van der Waals surface area contributed by atoms with Gasteiger partial charge in [-0.2, -0.15) is 0 Å². The predicted octanol–water partition coefficient (Wildman–Crippen LogP) is 4.20. The van der Waals surface area contributed by atoms with Gasteiger partial charge in [-0.25, -0.2) is 0 Å². The number of aliphatic hydroxyl groups excluding tert-OH is 1. The molecule has 0 bridgehead atoms. The van der Waals surface area contributed by atoms with Crippen LogP contribution >= 0.6 is 0 Å². The van der Waals surface area contributed by atoms with Gasteiger partial charge in [-0.1, -0.05) is 42.5 Å². The lowest BCUT2D eigenvalue weighted by molar-refractivity contribution is -0.131. The smallest absolute Gasteiger partial charge is 0.290 e. The molecule has 2 atom stereocenters. The molecule has 0 saturated carbocycles. The van der Waals surface area contributed by atoms with E-state index in [4.69, 9.17) is 13.9 Å². The van der Waals surface area contributed by atoms with Gasteiger partial charge in [-0.3, -0.25) is 9.59 Å². The summed E-state index contributed by atoms with van der Waals surface area (Å²) in [5, 5.41) is 11.5. The molecule has 0 aliphatic carbocycles. The van der Waals surface area contributed by atoms with Gasteiger partial charge in [0.1, 0.15) is 0 Å². The van der Waals surface area contributed by atoms with Crippen LogP contribution in [0, 0.1) is 0 Å². The number of furan rings is 1. The Balaban J connectivity index is 1.57. The number of amides is 1. The maximum Gasteiger partial charge on any atom is 0.290 e. The maximum atomic E-state index is 13.6. The summed E-state index contributed by atoms with van der Waals surface area (Å²) in [6, 6.07) is 15.5. The van der Waals surface area contributed by atoms with Crippen molar-refractivity contribution in [3.63, 3.8) is 0 Å². The summed E-state index contributed by atoms with van der Waals surface area (Å²) < 4.78 is 16.9. The van der Waals surface area contributed by atoms with Crippen LogP contribution in [0.2, 0.25) is 0 Å². The SMILES string of the molecule is COc1cccc2cc(C(=O)C3=C(O)C(=O)N(CC4CCCO4)C3c3ccccc3)oc12. The van der Waals surface area contributed by atoms with E-state index in [1.165, 1.54) is 12.0 Å². The van der Waals surface area contributed by atoms with Gasteiger partial charge < -0.3 is 23.9 Å². The van der Waals surface area contributed by atoms with E-state index in [-0.39, 0.29) is 17.4 Å². The number of nitrogens with zero attached hydrogens (tertiary/aromatic N) is 1. The highest BCUT2D eigenvalue weighted by molar-refractivity contribution is 6.16. The monoisotopic (exact) mass is 433 g/mol. The zero-order chi connectivity index (χ0) is 22.2. The van der Waals surface area contributed by atoms with Gasteiger partial charge in [0, 0.05) is 18.5 Å². The third-order valence-electron chi connectivity index (χ3n) is 6.04. The van der Waals surface area contributed by atoms with E-state index in [1.54, 1.807) is 18.2 Å². The van der Waals surface area contributed by atoms with Crippen LogP contribution in [0.5, 0.6) is 5.75 Å². The number of fused-ring (bicyclic) bond motifs is 1. The van der Waals surface area contributed by atoms with Crippen molar-refractivity contribution in [2.75, 3.05) is 20.3 Å². The Labute approximate surface area is 184 Å². The van der Waals surface area contributed by atoms with E-state index in [2.05, 4.69) is 0 Å². The Morgan fingerprint density at radius 2 is 2.00 bits per heavy atom. The van der Waals surface area contributed by atoms with Crippen molar-refractivity contribution >= 4 is 22.7 Å². The molecule has 5 rings (SSSR count). The number of hydrogen-bond acceptors (Lipinski definition) is 6. The van der Waals surface area contributed by atoms with Crippen LogP contribution in [0.15, 0.2) is 70.3 Å². The molecular formula is C25H23NO6. The summed E-state index contributed by atoms with van der Waals surface area (Å²) in [4.78, 5) is 28.2. The Bertz CT molecular complexity index is 1210. The molecule has 7 nitrogen and oxygen atoms in total. The van der Waals surface area contributed by atoms with Crippen molar-refractivity contribution in [1.29, 1.82) is 0 Å². The van der Waals surface area contributed by atoms with Gasteiger partial charge in [0.15, 0.2) is 22.9 Å². The fraction of sp³-hybridized carbons (Fsp3) is 0.280. The molecule has 3 heterocycles. The van der Waals surface area contributed by atoms with Crippen LogP contribution in [0.4, 0.5) is 0 Å². The summed E-state index contributed by atoms with van der Waals surface area (Å²) in [5.41, 5.74) is 1.19. The number of benzene rings is 2. The second kappa shape index (κ2) is 8.16. The summed E-state index contributed by atoms with van der Waals surface area (Å²) in [6.07, 6.45) is 1.64. The molecule has 2 aliphatic rings. The second-order valence-corrected chi connectivity index (χ2v) is 7.99. The quantitative estimate of drug-likeness (QED) is 0.586. The van der Waals surface area contributed by atoms with Crippen LogP contribution in [0.25, 0.3) is 11.0 Å². The van der Waals surface area contributed by atoms with Crippen molar-refractivity contribution in [2.45, 2.75) is 25.0 Å². The van der Waals surface area contributed by atoms with Crippen LogP contribution in [-0.4, -0.2) is 48.1 Å². The van der Waals surface area contributed by atoms with E-state index in [1.807, 2.05) is 36.4 Å². The Morgan fingerprint density at radius 1 is 1.19 bits per heavy atom. The minimum absolute atomic E-state index is 0.0113. The Kier molecular flexibility index (Phi) is 5.19. The molecule has 32 heavy (non-hydrogen) atoms. The number of ether oxygens (including phenoxy) is 2. The minimum Gasteiger partial charge on any atom is -0.503 e. The lowest BCUT2D eigenvalue weighted by Gasteiger charge is -2.28. The molecule has 1 N–H and O–H groups in total. The minimum atomic E-state index is -0.726. The predicted molar refractivity (Wildman–Crippen MR) is 117 cm³/mol. The number of hydrogen-bond donors (Lipinski definition) is 1. The van der Waals surface area contributed by atoms with Crippen LogP contribution in [0.1, 0.15) is 35.0 Å². The van der Waals surface area contributed by atoms with Crippen molar-refractivity contribution < 1.29 is 28.6 Å². The molecule has 0 radical (unpaired) electrons. The van der Waals surface area contributed by atoms with Crippen molar-refractivity contribution in [2.24, 2.45) is 0 Å². The normalized spacial score (nSPS) is 21.0. The average Bonchev–Trinajstić information content (AvgIpc) is 3.54. The molecule has 7 heteroatoms. The van der Waals surface area contributed by atoms with E-state index in [0.717, 1.165) is 18.4 Å². The summed E-state index contributed by atoms with van der Waals surface area (Å²) in [7, 11) is 1.52. The first-order chi connectivity index (χ1) is 15.6. The van der Waals surface area contributed by atoms with E-state index >= 15 is 0 Å². The number of Topliss-reactive ketones (excluding diaryl/α,β-unsaturated/α-hetero) is 1. The lowest BCUT2D eigenvalue weighted by Crippen LogP contribution is -2.37. The van der Waals surface area contributed by atoms with E-state index in [9.17, 15) is 14.7 Å². The molecule has 1 aromatic heterocycles. The van der Waals surface area contributed by atoms with Gasteiger partial charge in [-0.05, 0) is 30.5 Å². The molecule has 164 valence electrons. The number of para-hydroxylation sites is 1. The maximum absolute atomic E-state index is 13.6. The van der Waals surface area contributed by atoms with Crippen LogP contribution < -0.4 is 4.74 Å². The van der Waals surface area contributed by atoms with Gasteiger partial charge in [-0.15, -0.1) is 0 Å². The van der Waals surface area contributed by atoms with Crippen LogP contribution in [-0.2, 0) is 9.53 Å². The van der Waals surface area contributed by atoms with Gasteiger partial charge in [0.2, 0.25) is 5.78 Å². The van der Waals surface area contributed by atoms with Crippen molar-refractivity contribution in [3.05, 3.63) is 77.3 Å². The molecular weight excluding hydrogens is 410 g/mol. The molecule has 1 saturated heterocycles. The first-order valence-electron chi connectivity index (χ1n) is 10.6. The highest BCUT2D eigenvalue weighted by Gasteiger charge is 2.45. The number of carbonyl (C=O) groups is 2. The first-order valence-corrected chi connectivity index (χ1v) is 10.6. The molecule has 3 aromatic rings. The summed E-state index contributed by atoms with van der Waals surface area (Å²) in [6.45, 7) is 0.946. The molecule has 0 spiro atoms. The van der Waals surface area contributed by atoms with Crippen molar-refractivity contribution in [3.8, 4) is 5.75 Å². The number of methoxy groups -OCH3 is 1. The van der Waals surface area contributed by atoms with E-state index < -0.39 is 23.5 Å². The van der Waals surface area contributed by atoms with Crippen molar-refractivity contribution in [1.82, 2.24) is 4.90 Å². The summed E-state index contributed by atoms with van der Waals surface area (Å²) >= 11 is 0. The topological polar surface area (TPSA) is 89.2 Å². The molecule has 2 aromatic carbocycles. The summed E-state index contributed by atoms with van der Waals surface area (Å²) in [5.74, 6) is -1.11. The Hall–Kier alpha value is -3.58. The fourth-order valence-electron chi connectivity index (χ4n) is 4.51. The second-order valence-electron chi connectivity index (χ2n) is 7.99. The highest BCUT2D eigenvalue weighted by Crippen LogP contribution is 2.40. The van der Waals surface area contributed by atoms with E-state index in [0.29, 0.717) is 29.9 Å². The molecule has 2 unspecified atom stereocenters. The largest absolute Gasteiger partial charge is 0.503 e. The van der Waals surface area contributed by atoms with Crippen LogP contribution in [0.3, 0.4) is 0 Å². The van der Waals surface area contributed by atoms with Gasteiger partial charge in [0.25, 0.3) is 5.91 Å². The molecule has 1 amide bonds. The number of ketones is 1. The molecule has 2 aliphatic heterocycles. The van der Waals surface area contributed by atoms with Gasteiger partial charge >= 0.3 is 0 Å². The third kappa shape index (κ3) is 3.35. The number of carbonyl (C=O) groups excluding carboxylic acids is 2.